The molecular weight excluding hydrogens is 514 g/mol. The Morgan fingerprint density at radius 3 is 2.59 bits per heavy atom. The molecule has 41 heavy (non-hydrogen) atoms. The zero-order valence-corrected chi connectivity index (χ0v) is 23.7. The van der Waals surface area contributed by atoms with Gasteiger partial charge >= 0.3 is 0 Å². The summed E-state index contributed by atoms with van der Waals surface area (Å²) in [6.07, 6.45) is 3.54. The van der Waals surface area contributed by atoms with Crippen molar-refractivity contribution in [2.45, 2.75) is 27.7 Å². The van der Waals surface area contributed by atoms with Crippen molar-refractivity contribution in [3.63, 3.8) is 0 Å². The van der Waals surface area contributed by atoms with Gasteiger partial charge in [-0.3, -0.25) is 9.59 Å². The van der Waals surface area contributed by atoms with Gasteiger partial charge in [0.25, 0.3) is 11.8 Å². The van der Waals surface area contributed by atoms with Crippen LogP contribution in [0.3, 0.4) is 0 Å². The molecule has 3 heterocycles. The van der Waals surface area contributed by atoms with Crippen LogP contribution in [0.2, 0.25) is 0 Å². The maximum atomic E-state index is 13.1. The van der Waals surface area contributed by atoms with Crippen LogP contribution < -0.4 is 10.6 Å². The minimum Gasteiger partial charge on any atom is -0.358 e. The summed E-state index contributed by atoms with van der Waals surface area (Å²) < 4.78 is 1.81. The topological polar surface area (TPSA) is 119 Å². The van der Waals surface area contributed by atoms with E-state index in [4.69, 9.17) is 5.26 Å². The predicted molar refractivity (Wildman–Crippen MR) is 161 cm³/mol. The van der Waals surface area contributed by atoms with E-state index in [9.17, 15) is 9.59 Å². The van der Waals surface area contributed by atoms with Gasteiger partial charge in [0, 0.05) is 41.3 Å². The standard InChI is InChI=1S/C32H33N7O2/c1-5-38(6-2)16-15-34-32(41)30-20(3)28(36-21(30)4)18-26-25-17-23(9-12-27(25)37-31(26)40)29-13-14-35-39(29)24-10-7-22(19-33)8-11-24/h7-14,17-18,36H,5-6,15-16H2,1-4H3,(H,34,41)(H,37,40)/b26-18-. The monoisotopic (exact) mass is 547 g/mol. The van der Waals surface area contributed by atoms with Crippen LogP contribution in [-0.2, 0) is 4.79 Å². The van der Waals surface area contributed by atoms with E-state index in [2.05, 4.69) is 45.5 Å². The SMILES string of the molecule is CCN(CC)CCNC(=O)c1c(C)[nH]c(/C=C2\C(=O)Nc3ccc(-c4ccnn4-c4ccc(C#N)cc4)cc32)c1C. The molecule has 9 nitrogen and oxygen atoms in total. The van der Waals surface area contributed by atoms with E-state index in [0.717, 1.165) is 64.8 Å². The number of carbonyl (C=O) groups is 2. The number of aromatic nitrogens is 3. The Balaban J connectivity index is 1.44. The summed E-state index contributed by atoms with van der Waals surface area (Å²) >= 11 is 0. The van der Waals surface area contributed by atoms with Gasteiger partial charge < -0.3 is 20.5 Å². The van der Waals surface area contributed by atoms with Gasteiger partial charge in [0.15, 0.2) is 0 Å². The molecule has 9 heteroatoms. The maximum Gasteiger partial charge on any atom is 0.256 e. The highest BCUT2D eigenvalue weighted by atomic mass is 16.2. The Morgan fingerprint density at radius 2 is 1.88 bits per heavy atom. The lowest BCUT2D eigenvalue weighted by Gasteiger charge is -2.18. The molecule has 4 aromatic rings. The molecule has 0 bridgehead atoms. The summed E-state index contributed by atoms with van der Waals surface area (Å²) in [5, 5.41) is 19.6. The molecule has 0 saturated carbocycles. The number of carbonyl (C=O) groups excluding carboxylic acids is 2. The van der Waals surface area contributed by atoms with Crippen LogP contribution in [0.4, 0.5) is 5.69 Å². The molecule has 0 fully saturated rings. The van der Waals surface area contributed by atoms with Crippen molar-refractivity contribution in [1.82, 2.24) is 25.0 Å². The van der Waals surface area contributed by atoms with Crippen molar-refractivity contribution < 1.29 is 9.59 Å². The highest BCUT2D eigenvalue weighted by molar-refractivity contribution is 6.35. The summed E-state index contributed by atoms with van der Waals surface area (Å²) in [7, 11) is 0. The van der Waals surface area contributed by atoms with Crippen LogP contribution in [0, 0.1) is 25.2 Å². The fraction of sp³-hybridized carbons (Fsp3) is 0.250. The summed E-state index contributed by atoms with van der Waals surface area (Å²) in [6.45, 7) is 11.2. The number of H-pyrrole nitrogens is 1. The normalized spacial score (nSPS) is 13.4. The van der Waals surface area contributed by atoms with Crippen molar-refractivity contribution in [2.24, 2.45) is 0 Å². The molecule has 0 radical (unpaired) electrons. The third-order valence-corrected chi connectivity index (χ3v) is 7.58. The average Bonchev–Trinajstić information content (AvgIpc) is 3.66. The van der Waals surface area contributed by atoms with Gasteiger partial charge in [-0.2, -0.15) is 10.4 Å². The summed E-state index contributed by atoms with van der Waals surface area (Å²) in [4.78, 5) is 31.7. The smallest absolute Gasteiger partial charge is 0.256 e. The zero-order chi connectivity index (χ0) is 29.1. The first kappa shape index (κ1) is 27.6. The summed E-state index contributed by atoms with van der Waals surface area (Å²) in [5.74, 6) is -0.322. The number of fused-ring (bicyclic) bond motifs is 1. The number of hydrogen-bond acceptors (Lipinski definition) is 5. The van der Waals surface area contributed by atoms with E-state index in [1.165, 1.54) is 0 Å². The first-order chi connectivity index (χ1) is 19.8. The largest absolute Gasteiger partial charge is 0.358 e. The van der Waals surface area contributed by atoms with Gasteiger partial charge in [-0.15, -0.1) is 0 Å². The van der Waals surface area contributed by atoms with Crippen LogP contribution in [0.1, 0.15) is 52.3 Å². The fourth-order valence-electron chi connectivity index (χ4n) is 5.25. The summed E-state index contributed by atoms with van der Waals surface area (Å²) in [6, 6.07) is 17.1. The number of hydrogen-bond donors (Lipinski definition) is 3. The van der Waals surface area contributed by atoms with Gasteiger partial charge in [-0.1, -0.05) is 19.9 Å². The molecular formula is C32H33N7O2. The predicted octanol–water partition coefficient (Wildman–Crippen LogP) is 4.92. The molecule has 0 spiro atoms. The average molecular weight is 548 g/mol. The lowest BCUT2D eigenvalue weighted by Crippen LogP contribution is -2.35. The maximum absolute atomic E-state index is 13.1. The number of rotatable bonds is 9. The van der Waals surface area contributed by atoms with Gasteiger partial charge in [-0.05, 0) is 81.0 Å². The number of likely N-dealkylation sites (N-methyl/N-ethyl adjacent to an activating group) is 1. The second kappa shape index (κ2) is 11.7. The zero-order valence-electron chi connectivity index (χ0n) is 23.7. The van der Waals surface area contributed by atoms with Gasteiger partial charge in [0.05, 0.1) is 40.3 Å². The molecule has 0 unspecified atom stereocenters. The van der Waals surface area contributed by atoms with Crippen molar-refractivity contribution in [1.29, 1.82) is 5.26 Å². The Morgan fingerprint density at radius 1 is 1.12 bits per heavy atom. The molecule has 0 atom stereocenters. The highest BCUT2D eigenvalue weighted by Crippen LogP contribution is 2.37. The number of benzene rings is 2. The van der Waals surface area contributed by atoms with Crippen molar-refractivity contribution >= 4 is 29.2 Å². The van der Waals surface area contributed by atoms with E-state index in [-0.39, 0.29) is 11.8 Å². The minimum atomic E-state index is -0.199. The second-order valence-corrected chi connectivity index (χ2v) is 10.0. The molecule has 5 rings (SSSR count). The van der Waals surface area contributed by atoms with Crippen molar-refractivity contribution in [2.75, 3.05) is 31.5 Å². The second-order valence-electron chi connectivity index (χ2n) is 10.0. The highest BCUT2D eigenvalue weighted by Gasteiger charge is 2.26. The van der Waals surface area contributed by atoms with Crippen LogP contribution >= 0.6 is 0 Å². The van der Waals surface area contributed by atoms with E-state index in [1.807, 2.05) is 56.3 Å². The Labute approximate surface area is 239 Å². The first-order valence-electron chi connectivity index (χ1n) is 13.8. The molecule has 1 aliphatic heterocycles. The molecule has 0 saturated heterocycles. The Hall–Kier alpha value is -4.94. The van der Waals surface area contributed by atoms with Gasteiger partial charge in [0.2, 0.25) is 0 Å². The van der Waals surface area contributed by atoms with E-state index >= 15 is 0 Å². The molecule has 1 aliphatic rings. The molecule has 2 aromatic carbocycles. The van der Waals surface area contributed by atoms with E-state index in [0.29, 0.717) is 23.2 Å². The van der Waals surface area contributed by atoms with Crippen LogP contribution in [0.5, 0.6) is 0 Å². The van der Waals surface area contributed by atoms with Crippen LogP contribution in [0.25, 0.3) is 28.6 Å². The molecule has 0 aliphatic carbocycles. The van der Waals surface area contributed by atoms with Crippen molar-refractivity contribution in [3.8, 4) is 23.0 Å². The Kier molecular flexibility index (Phi) is 7.86. The third kappa shape index (κ3) is 5.42. The number of anilines is 1. The first-order valence-corrected chi connectivity index (χ1v) is 13.8. The molecule has 208 valence electrons. The van der Waals surface area contributed by atoms with Gasteiger partial charge in [0.1, 0.15) is 0 Å². The number of nitrogens with one attached hydrogen (secondary N) is 3. The number of amides is 2. The molecule has 2 aromatic heterocycles. The minimum absolute atomic E-state index is 0.123. The van der Waals surface area contributed by atoms with E-state index in [1.54, 1.807) is 23.0 Å². The molecule has 2 amide bonds. The Bertz CT molecular complexity index is 1680. The van der Waals surface area contributed by atoms with Gasteiger partial charge in [-0.25, -0.2) is 4.68 Å². The number of nitrogens with zero attached hydrogens (tertiary/aromatic N) is 4. The lowest BCUT2D eigenvalue weighted by atomic mass is 10.0. The van der Waals surface area contributed by atoms with Crippen molar-refractivity contribution in [3.05, 3.63) is 88.4 Å². The quantitative estimate of drug-likeness (QED) is 0.257. The summed E-state index contributed by atoms with van der Waals surface area (Å²) in [5.41, 5.74) is 8.06. The number of aromatic amines is 1. The number of nitriles is 1. The van der Waals surface area contributed by atoms with E-state index < -0.39 is 0 Å². The van der Waals surface area contributed by atoms with Crippen LogP contribution in [-0.4, -0.2) is 57.7 Å². The fourth-order valence-corrected chi connectivity index (χ4v) is 5.25. The third-order valence-electron chi connectivity index (χ3n) is 7.58. The number of aryl methyl sites for hydroxylation is 1. The van der Waals surface area contributed by atoms with Crippen LogP contribution in [0.15, 0.2) is 54.7 Å². The molecule has 3 N–H and O–H groups in total. The lowest BCUT2D eigenvalue weighted by molar-refractivity contribution is -0.110.